The second-order valence-corrected chi connectivity index (χ2v) is 7.32. The maximum atomic E-state index is 13.0. The van der Waals surface area contributed by atoms with E-state index in [9.17, 15) is 13.2 Å². The molecule has 0 aliphatic heterocycles. The zero-order chi connectivity index (χ0) is 15.6. The third-order valence-corrected chi connectivity index (χ3v) is 5.60. The predicted molar refractivity (Wildman–Crippen MR) is 79.4 cm³/mol. The van der Waals surface area contributed by atoms with Crippen molar-refractivity contribution in [2.45, 2.75) is 58.2 Å². The average molecular weight is 320 g/mol. The zero-order valence-corrected chi connectivity index (χ0v) is 13.6. The topological polar surface area (TPSA) is 24.9 Å². The third-order valence-electron chi connectivity index (χ3n) is 4.38. The van der Waals surface area contributed by atoms with Crippen LogP contribution < -0.4 is 5.32 Å². The lowest BCUT2D eigenvalue weighted by atomic mass is 9.77. The molecule has 1 fully saturated rings. The second-order valence-electron chi connectivity index (χ2n) is 6.21. The van der Waals surface area contributed by atoms with Crippen LogP contribution in [0.4, 0.5) is 13.2 Å². The van der Waals surface area contributed by atoms with Crippen molar-refractivity contribution < 1.29 is 13.2 Å². The number of rotatable bonds is 4. The molecule has 1 saturated carbocycles. The van der Waals surface area contributed by atoms with E-state index in [1.165, 1.54) is 11.3 Å². The molecule has 6 heteroatoms. The lowest BCUT2D eigenvalue weighted by Crippen LogP contribution is -2.17. The maximum Gasteiger partial charge on any atom is 0.434 e. The first kappa shape index (κ1) is 16.7. The summed E-state index contributed by atoms with van der Waals surface area (Å²) in [6.07, 6.45) is -0.218. The highest BCUT2D eigenvalue weighted by Crippen LogP contribution is 2.42. The van der Waals surface area contributed by atoms with Gasteiger partial charge in [-0.1, -0.05) is 13.8 Å². The highest BCUT2D eigenvalue weighted by Gasteiger charge is 2.38. The maximum absolute atomic E-state index is 13.0. The van der Waals surface area contributed by atoms with Crippen molar-refractivity contribution in [3.8, 4) is 0 Å². The molecule has 1 heterocycles. The Morgan fingerprint density at radius 3 is 2.33 bits per heavy atom. The summed E-state index contributed by atoms with van der Waals surface area (Å²) in [4.78, 5) is 4.26. The van der Waals surface area contributed by atoms with Crippen LogP contribution in [0.25, 0.3) is 0 Å². The number of thiazole rings is 1. The fourth-order valence-corrected chi connectivity index (χ4v) is 4.35. The number of nitrogens with one attached hydrogen (secondary N) is 1. The second kappa shape index (κ2) is 6.65. The first-order chi connectivity index (χ1) is 9.82. The molecular formula is C15H23F3N2S. The van der Waals surface area contributed by atoms with Crippen LogP contribution in [-0.4, -0.2) is 12.0 Å². The van der Waals surface area contributed by atoms with Crippen LogP contribution in [0.15, 0.2) is 0 Å². The minimum atomic E-state index is -4.35. The summed E-state index contributed by atoms with van der Waals surface area (Å²) in [5.74, 6) is 1.57. The van der Waals surface area contributed by atoms with E-state index in [-0.39, 0.29) is 12.5 Å². The van der Waals surface area contributed by atoms with Gasteiger partial charge in [-0.25, -0.2) is 4.98 Å². The van der Waals surface area contributed by atoms with Gasteiger partial charge in [-0.05, 0) is 44.6 Å². The van der Waals surface area contributed by atoms with Crippen LogP contribution in [0.1, 0.15) is 61.0 Å². The summed E-state index contributed by atoms with van der Waals surface area (Å²) in [5, 5.41) is 3.48. The number of halogens is 3. The Morgan fingerprint density at radius 1 is 1.24 bits per heavy atom. The molecule has 120 valence electrons. The Kier molecular flexibility index (Phi) is 5.30. The van der Waals surface area contributed by atoms with Gasteiger partial charge >= 0.3 is 6.18 Å². The highest BCUT2D eigenvalue weighted by molar-refractivity contribution is 7.11. The summed E-state index contributed by atoms with van der Waals surface area (Å²) in [7, 11) is 1.66. The number of aromatic nitrogens is 1. The Labute approximate surface area is 128 Å². The molecule has 1 N–H and O–H groups in total. The normalized spacial score (nSPS) is 23.8. The Morgan fingerprint density at radius 2 is 1.86 bits per heavy atom. The van der Waals surface area contributed by atoms with Crippen LogP contribution in [0, 0.1) is 11.8 Å². The van der Waals surface area contributed by atoms with E-state index < -0.39 is 11.9 Å². The van der Waals surface area contributed by atoms with E-state index in [0.29, 0.717) is 21.7 Å². The molecule has 1 aliphatic rings. The minimum absolute atomic E-state index is 0.205. The van der Waals surface area contributed by atoms with Gasteiger partial charge in [0, 0.05) is 12.5 Å². The Hall–Kier alpha value is -0.620. The van der Waals surface area contributed by atoms with Crippen LogP contribution in [0.5, 0.6) is 0 Å². The molecule has 0 radical (unpaired) electrons. The molecule has 1 aromatic rings. The first-order valence-electron chi connectivity index (χ1n) is 7.54. The first-order valence-corrected chi connectivity index (χ1v) is 8.36. The number of hydrogen-bond acceptors (Lipinski definition) is 3. The molecule has 1 aliphatic carbocycles. The van der Waals surface area contributed by atoms with Crippen molar-refractivity contribution in [3.63, 3.8) is 0 Å². The molecule has 0 atom stereocenters. The molecule has 0 bridgehead atoms. The van der Waals surface area contributed by atoms with E-state index in [1.54, 1.807) is 7.05 Å². The van der Waals surface area contributed by atoms with E-state index >= 15 is 0 Å². The Balaban J connectivity index is 2.14. The van der Waals surface area contributed by atoms with Crippen molar-refractivity contribution in [1.82, 2.24) is 10.3 Å². The van der Waals surface area contributed by atoms with Crippen molar-refractivity contribution in [1.29, 1.82) is 0 Å². The lowest BCUT2D eigenvalue weighted by molar-refractivity contribution is -0.141. The standard InChI is InChI=1S/C15H23F3N2S/c1-9(2)10-4-6-11(7-5-10)14-20-13(15(16,17)18)12(21-14)8-19-3/h9-11,19H,4-8H2,1-3H3. The average Bonchev–Trinajstić information content (AvgIpc) is 2.83. The van der Waals surface area contributed by atoms with Crippen molar-refractivity contribution in [3.05, 3.63) is 15.6 Å². The van der Waals surface area contributed by atoms with Crippen LogP contribution >= 0.6 is 11.3 Å². The van der Waals surface area contributed by atoms with Gasteiger partial charge in [-0.15, -0.1) is 11.3 Å². The molecule has 0 spiro atoms. The third kappa shape index (κ3) is 3.97. The fraction of sp³-hybridized carbons (Fsp3) is 0.800. The summed E-state index contributed by atoms with van der Waals surface area (Å²) in [6.45, 7) is 4.68. The molecule has 0 amide bonds. The van der Waals surface area contributed by atoms with Crippen LogP contribution in [0.2, 0.25) is 0 Å². The van der Waals surface area contributed by atoms with Crippen molar-refractivity contribution in [2.24, 2.45) is 11.8 Å². The molecule has 21 heavy (non-hydrogen) atoms. The molecular weight excluding hydrogens is 297 g/mol. The molecule has 0 aromatic carbocycles. The van der Waals surface area contributed by atoms with Gasteiger partial charge in [0.05, 0.1) is 9.88 Å². The predicted octanol–water partition coefficient (Wildman–Crippen LogP) is 4.81. The SMILES string of the molecule is CNCc1sc(C2CCC(C(C)C)CC2)nc1C(F)(F)F. The Bertz CT molecular complexity index is 460. The van der Waals surface area contributed by atoms with E-state index in [4.69, 9.17) is 0 Å². The van der Waals surface area contributed by atoms with Gasteiger partial charge in [0.1, 0.15) is 0 Å². The van der Waals surface area contributed by atoms with Gasteiger partial charge in [0.2, 0.25) is 0 Å². The van der Waals surface area contributed by atoms with Gasteiger partial charge < -0.3 is 5.32 Å². The number of hydrogen-bond donors (Lipinski definition) is 1. The molecule has 1 aromatic heterocycles. The van der Waals surface area contributed by atoms with Gasteiger partial charge in [-0.2, -0.15) is 13.2 Å². The molecule has 0 saturated heterocycles. The van der Waals surface area contributed by atoms with Gasteiger partial charge in [-0.3, -0.25) is 0 Å². The van der Waals surface area contributed by atoms with E-state index in [1.807, 2.05) is 0 Å². The number of nitrogens with zero attached hydrogens (tertiary/aromatic N) is 1. The van der Waals surface area contributed by atoms with Gasteiger partial charge in [0.25, 0.3) is 0 Å². The van der Waals surface area contributed by atoms with Crippen LogP contribution in [-0.2, 0) is 12.7 Å². The van der Waals surface area contributed by atoms with Crippen molar-refractivity contribution >= 4 is 11.3 Å². The zero-order valence-electron chi connectivity index (χ0n) is 12.8. The molecule has 0 unspecified atom stereocenters. The van der Waals surface area contributed by atoms with E-state index in [0.717, 1.165) is 25.7 Å². The minimum Gasteiger partial charge on any atom is -0.315 e. The highest BCUT2D eigenvalue weighted by atomic mass is 32.1. The van der Waals surface area contributed by atoms with E-state index in [2.05, 4.69) is 24.1 Å². The summed E-state index contributed by atoms with van der Waals surface area (Å²) < 4.78 is 39.1. The largest absolute Gasteiger partial charge is 0.434 e. The fourth-order valence-electron chi connectivity index (χ4n) is 3.08. The number of alkyl halides is 3. The van der Waals surface area contributed by atoms with Crippen molar-refractivity contribution in [2.75, 3.05) is 7.05 Å². The monoisotopic (exact) mass is 320 g/mol. The summed E-state index contributed by atoms with van der Waals surface area (Å²) >= 11 is 1.23. The molecule has 2 nitrogen and oxygen atoms in total. The molecule has 2 rings (SSSR count). The summed E-state index contributed by atoms with van der Waals surface area (Å²) in [6, 6.07) is 0. The smallest absolute Gasteiger partial charge is 0.315 e. The van der Waals surface area contributed by atoms with Gasteiger partial charge in [0.15, 0.2) is 5.69 Å². The van der Waals surface area contributed by atoms with Crippen LogP contribution in [0.3, 0.4) is 0 Å². The summed E-state index contributed by atoms with van der Waals surface area (Å²) in [5.41, 5.74) is -0.692. The lowest BCUT2D eigenvalue weighted by Gasteiger charge is -2.29. The quantitative estimate of drug-likeness (QED) is 0.861.